The van der Waals surface area contributed by atoms with Gasteiger partial charge in [-0.05, 0) is 59.5 Å². The van der Waals surface area contributed by atoms with Gasteiger partial charge >= 0.3 is 11.9 Å². The van der Waals surface area contributed by atoms with Crippen molar-refractivity contribution in [1.82, 2.24) is 4.90 Å². The molecule has 6 rings (SSSR count). The van der Waals surface area contributed by atoms with Crippen LogP contribution >= 0.6 is 25.3 Å². The number of amides is 2. The fourth-order valence-corrected chi connectivity index (χ4v) is 5.92. The molecule has 1 atom stereocenters. The van der Waals surface area contributed by atoms with E-state index in [0.29, 0.717) is 40.1 Å². The predicted molar refractivity (Wildman–Crippen MR) is 161 cm³/mol. The van der Waals surface area contributed by atoms with E-state index in [0.717, 1.165) is 51.6 Å². The molecule has 0 fully saturated rings. The molecule has 0 spiro atoms. The van der Waals surface area contributed by atoms with Crippen molar-refractivity contribution < 1.29 is 23.9 Å². The molecule has 0 aliphatic carbocycles. The van der Waals surface area contributed by atoms with E-state index >= 15 is 0 Å². The Morgan fingerprint density at radius 3 is 1.77 bits per heavy atom. The van der Waals surface area contributed by atoms with Gasteiger partial charge in [0.15, 0.2) is 0 Å². The summed E-state index contributed by atoms with van der Waals surface area (Å²) in [5, 5.41) is 3.05. The van der Waals surface area contributed by atoms with E-state index in [-0.39, 0.29) is 11.8 Å². The molecule has 4 aromatic rings. The lowest BCUT2D eigenvalue weighted by atomic mass is 9.92. The average molecular weight is 572 g/mol. The van der Waals surface area contributed by atoms with Crippen LogP contribution in [-0.2, 0) is 4.74 Å². The molecule has 8 heteroatoms. The highest BCUT2D eigenvalue weighted by Crippen LogP contribution is 2.34. The molecule has 2 heterocycles. The zero-order valence-electron chi connectivity index (χ0n) is 22.3. The minimum atomic E-state index is -0.595. The van der Waals surface area contributed by atoms with Gasteiger partial charge in [-0.15, -0.1) is 25.3 Å². The Balaban J connectivity index is 0.000000174. The fourth-order valence-electron chi connectivity index (χ4n) is 5.40. The molecular weight excluding hydrogens is 542 g/mol. The Kier molecular flexibility index (Phi) is 8.01. The molecule has 4 aromatic carbocycles. The SMILES string of the molecule is CCCCC(CC)CN1C(=O)c2cccc3c(S)ccc(c23)C1=O.O=C1OC(=O)c2ccc(S)c3cccc1c23. The van der Waals surface area contributed by atoms with Crippen molar-refractivity contribution in [3.63, 3.8) is 0 Å². The Morgan fingerprint density at radius 1 is 0.700 bits per heavy atom. The van der Waals surface area contributed by atoms with Gasteiger partial charge in [0, 0.05) is 38.2 Å². The van der Waals surface area contributed by atoms with Crippen molar-refractivity contribution in [2.45, 2.75) is 49.3 Å². The fraction of sp³-hybridized carbons (Fsp3) is 0.250. The minimum Gasteiger partial charge on any atom is -0.386 e. The van der Waals surface area contributed by atoms with Crippen LogP contribution in [0.4, 0.5) is 0 Å². The number of rotatable bonds is 6. The molecule has 1 unspecified atom stereocenters. The van der Waals surface area contributed by atoms with E-state index in [2.05, 4.69) is 43.8 Å². The van der Waals surface area contributed by atoms with Crippen LogP contribution in [0, 0.1) is 5.92 Å². The van der Waals surface area contributed by atoms with Crippen LogP contribution < -0.4 is 0 Å². The predicted octanol–water partition coefficient (Wildman–Crippen LogP) is 7.38. The molecule has 0 bridgehead atoms. The minimum absolute atomic E-state index is 0.174. The first-order chi connectivity index (χ1) is 19.3. The molecule has 204 valence electrons. The van der Waals surface area contributed by atoms with Gasteiger partial charge in [-0.2, -0.15) is 0 Å². The van der Waals surface area contributed by atoms with E-state index < -0.39 is 11.9 Å². The van der Waals surface area contributed by atoms with Gasteiger partial charge in [0.1, 0.15) is 0 Å². The summed E-state index contributed by atoms with van der Waals surface area (Å²) < 4.78 is 4.64. The number of cyclic esters (lactones) is 2. The zero-order chi connectivity index (χ0) is 28.6. The van der Waals surface area contributed by atoms with Gasteiger partial charge < -0.3 is 4.74 Å². The summed E-state index contributed by atoms with van der Waals surface area (Å²) in [7, 11) is 0. The Hall–Kier alpha value is -3.62. The number of unbranched alkanes of at least 4 members (excludes halogenated alkanes) is 1. The monoisotopic (exact) mass is 571 g/mol. The van der Waals surface area contributed by atoms with Crippen LogP contribution in [0.1, 0.15) is 81.0 Å². The molecular formula is C32H29NO5S2. The van der Waals surface area contributed by atoms with Crippen molar-refractivity contribution in [2.24, 2.45) is 5.92 Å². The zero-order valence-corrected chi connectivity index (χ0v) is 24.1. The summed E-state index contributed by atoms with van der Waals surface area (Å²) in [6.07, 6.45) is 4.29. The van der Waals surface area contributed by atoms with Gasteiger partial charge in [0.2, 0.25) is 0 Å². The smallest absolute Gasteiger partial charge is 0.346 e. The number of thiol groups is 2. The number of hydrogen-bond donors (Lipinski definition) is 2. The van der Waals surface area contributed by atoms with Gasteiger partial charge in [-0.3, -0.25) is 14.5 Å². The summed E-state index contributed by atoms with van der Waals surface area (Å²) in [4.78, 5) is 51.9. The number of imide groups is 1. The van der Waals surface area contributed by atoms with E-state index in [1.165, 1.54) is 4.90 Å². The highest BCUT2D eigenvalue weighted by atomic mass is 32.1. The first-order valence-corrected chi connectivity index (χ1v) is 14.3. The van der Waals surface area contributed by atoms with E-state index in [9.17, 15) is 19.2 Å². The maximum atomic E-state index is 12.9. The first kappa shape index (κ1) is 27.9. The maximum Gasteiger partial charge on any atom is 0.346 e. The van der Waals surface area contributed by atoms with Gasteiger partial charge in [-0.25, -0.2) is 9.59 Å². The normalized spacial score (nSPS) is 14.8. The summed E-state index contributed by atoms with van der Waals surface area (Å²) >= 11 is 8.77. The Morgan fingerprint density at radius 2 is 1.20 bits per heavy atom. The summed E-state index contributed by atoms with van der Waals surface area (Å²) in [5.41, 5.74) is 2.07. The number of nitrogens with zero attached hydrogens (tertiary/aromatic N) is 1. The number of hydrogen-bond acceptors (Lipinski definition) is 7. The van der Waals surface area contributed by atoms with Crippen molar-refractivity contribution >= 4 is 70.6 Å². The second-order valence-electron chi connectivity index (χ2n) is 10.0. The molecule has 0 saturated heterocycles. The summed E-state index contributed by atoms with van der Waals surface area (Å²) in [5.74, 6) is -1.18. The maximum absolute atomic E-state index is 12.9. The van der Waals surface area contributed by atoms with Crippen LogP contribution in [0.5, 0.6) is 0 Å². The molecule has 2 aliphatic rings. The first-order valence-electron chi connectivity index (χ1n) is 13.4. The highest BCUT2D eigenvalue weighted by Gasteiger charge is 2.34. The number of esters is 2. The van der Waals surface area contributed by atoms with Crippen LogP contribution in [0.25, 0.3) is 21.5 Å². The molecule has 2 aliphatic heterocycles. The lowest BCUT2D eigenvalue weighted by Gasteiger charge is -2.30. The van der Waals surface area contributed by atoms with Crippen LogP contribution in [0.2, 0.25) is 0 Å². The van der Waals surface area contributed by atoms with Crippen LogP contribution in [0.15, 0.2) is 70.5 Å². The Labute approximate surface area is 243 Å². The molecule has 0 N–H and O–H groups in total. The lowest BCUT2D eigenvalue weighted by molar-refractivity contribution is 0.0389. The van der Waals surface area contributed by atoms with Gasteiger partial charge in [0.25, 0.3) is 11.8 Å². The van der Waals surface area contributed by atoms with E-state index in [1.807, 2.05) is 30.3 Å². The van der Waals surface area contributed by atoms with Crippen LogP contribution in [0.3, 0.4) is 0 Å². The topological polar surface area (TPSA) is 80.8 Å². The Bertz CT molecular complexity index is 1650. The van der Waals surface area contributed by atoms with Crippen molar-refractivity contribution in [2.75, 3.05) is 6.54 Å². The van der Waals surface area contributed by atoms with E-state index in [4.69, 9.17) is 0 Å². The van der Waals surface area contributed by atoms with Gasteiger partial charge in [-0.1, -0.05) is 57.4 Å². The standard InChI is InChI=1S/C20H23NO2S.C12H6O3S/c1-3-5-7-13(4-2)12-21-19(22)15-9-6-8-14-17(24)11-10-16(18(14)15)20(21)23;13-11-7-3-1-2-6-9(16)5-4-8(10(6)7)12(14)15-11/h6,8-11,13,24H,3-5,7,12H2,1-2H3;1-5,16H. The number of ether oxygens (including phenoxy) is 1. The van der Waals surface area contributed by atoms with E-state index in [1.54, 1.807) is 30.3 Å². The third kappa shape index (κ3) is 4.90. The lowest BCUT2D eigenvalue weighted by Crippen LogP contribution is -2.43. The third-order valence-electron chi connectivity index (χ3n) is 7.60. The number of carbonyl (C=O) groups excluding carboxylic acids is 4. The van der Waals surface area contributed by atoms with Crippen molar-refractivity contribution in [3.05, 3.63) is 82.9 Å². The molecule has 40 heavy (non-hydrogen) atoms. The van der Waals surface area contributed by atoms with Crippen molar-refractivity contribution in [3.8, 4) is 0 Å². The molecule has 0 radical (unpaired) electrons. The molecule has 0 saturated carbocycles. The summed E-state index contributed by atoms with van der Waals surface area (Å²) in [6.45, 7) is 4.80. The largest absolute Gasteiger partial charge is 0.386 e. The molecule has 6 nitrogen and oxygen atoms in total. The number of carbonyl (C=O) groups is 4. The quantitative estimate of drug-likeness (QED) is 0.109. The van der Waals surface area contributed by atoms with Crippen LogP contribution in [-0.4, -0.2) is 35.2 Å². The second kappa shape index (κ2) is 11.5. The molecule has 0 aromatic heterocycles. The number of benzene rings is 4. The highest BCUT2D eigenvalue weighted by molar-refractivity contribution is 7.80. The van der Waals surface area contributed by atoms with Gasteiger partial charge in [0.05, 0.1) is 11.1 Å². The second-order valence-corrected chi connectivity index (χ2v) is 11.0. The third-order valence-corrected chi connectivity index (χ3v) is 8.38. The van der Waals surface area contributed by atoms with Crippen molar-refractivity contribution in [1.29, 1.82) is 0 Å². The average Bonchev–Trinajstić information content (AvgIpc) is 2.96. The summed E-state index contributed by atoms with van der Waals surface area (Å²) in [6, 6.07) is 17.8. The molecule has 2 amide bonds.